The van der Waals surface area contributed by atoms with Gasteiger partial charge in [0.15, 0.2) is 0 Å². The first-order valence-electron chi connectivity index (χ1n) is 3.94. The van der Waals surface area contributed by atoms with Crippen molar-refractivity contribution in [2.45, 2.75) is 13.1 Å². The van der Waals surface area contributed by atoms with E-state index in [2.05, 4.69) is 8.52 Å². The van der Waals surface area contributed by atoms with Crippen LogP contribution in [0.3, 0.4) is 0 Å². The van der Waals surface area contributed by atoms with Crippen LogP contribution in [0.2, 0.25) is 0 Å². The summed E-state index contributed by atoms with van der Waals surface area (Å²) < 4.78 is 3.03. The minimum absolute atomic E-state index is 0.0493. The van der Waals surface area contributed by atoms with Gasteiger partial charge < -0.3 is 5.11 Å². The molecule has 0 aliphatic heterocycles. The van der Waals surface area contributed by atoms with Crippen molar-refractivity contribution in [3.05, 3.63) is 35.9 Å². The molecule has 1 aromatic carbocycles. The highest BCUT2D eigenvalue weighted by atomic mass is 127. The molecule has 1 atom stereocenters. The lowest BCUT2D eigenvalue weighted by atomic mass is 10.2. The van der Waals surface area contributed by atoms with Crippen LogP contribution in [0.25, 0.3) is 0 Å². The fourth-order valence-electron chi connectivity index (χ4n) is 1.03. The zero-order valence-corrected chi connectivity index (χ0v) is 9.45. The molecule has 0 saturated carbocycles. The van der Waals surface area contributed by atoms with Crippen LogP contribution >= 0.6 is 22.9 Å². The molecule has 0 aromatic heterocycles. The Balaban J connectivity index is 2.85. The van der Waals surface area contributed by atoms with Gasteiger partial charge in [0.05, 0.1) is 6.92 Å². The highest BCUT2D eigenvalue weighted by Gasteiger charge is 2.12. The minimum atomic E-state index is -0.0493. The summed E-state index contributed by atoms with van der Waals surface area (Å²) in [5.74, 6) is 0.206. The average molecular weight is 291 g/mol. The molecule has 13 heavy (non-hydrogen) atoms. The van der Waals surface area contributed by atoms with E-state index in [4.69, 9.17) is 5.11 Å². The number of nitrogens with one attached hydrogen (secondary N) is 2. The van der Waals surface area contributed by atoms with Gasteiger partial charge in [0.1, 0.15) is 0 Å². The molecule has 0 aliphatic rings. The SMILES string of the molecule is CC(O)=[NH+]C(NI)c1ccccc1. The van der Waals surface area contributed by atoms with Crippen LogP contribution in [0.4, 0.5) is 0 Å². The van der Waals surface area contributed by atoms with E-state index >= 15 is 0 Å². The van der Waals surface area contributed by atoms with Crippen LogP contribution in [-0.2, 0) is 0 Å². The van der Waals surface area contributed by atoms with Crippen molar-refractivity contribution in [1.82, 2.24) is 3.53 Å². The Hall–Kier alpha value is -0.620. The van der Waals surface area contributed by atoms with Crippen molar-refractivity contribution >= 4 is 28.8 Å². The predicted octanol–water partition coefficient (Wildman–Crippen LogP) is 0.682. The molecule has 0 aliphatic carbocycles. The Kier molecular flexibility index (Phi) is 4.17. The quantitative estimate of drug-likeness (QED) is 0.252. The zero-order chi connectivity index (χ0) is 9.68. The number of hydrogen-bond acceptors (Lipinski definition) is 1. The number of halogens is 1. The van der Waals surface area contributed by atoms with Gasteiger partial charge in [0, 0.05) is 28.4 Å². The lowest BCUT2D eigenvalue weighted by Gasteiger charge is -2.04. The second-order valence-corrected chi connectivity index (χ2v) is 3.31. The minimum Gasteiger partial charge on any atom is -0.464 e. The van der Waals surface area contributed by atoms with E-state index in [9.17, 15) is 0 Å². The normalized spacial score (nSPS) is 14.2. The third-order valence-electron chi connectivity index (χ3n) is 1.60. The molecule has 1 aromatic rings. The van der Waals surface area contributed by atoms with Crippen LogP contribution in [0.5, 0.6) is 0 Å². The highest BCUT2D eigenvalue weighted by molar-refractivity contribution is 14.1. The van der Waals surface area contributed by atoms with Crippen molar-refractivity contribution in [1.29, 1.82) is 0 Å². The van der Waals surface area contributed by atoms with Gasteiger partial charge in [-0.3, -0.25) is 0 Å². The molecule has 4 heteroatoms. The fourth-order valence-corrected chi connectivity index (χ4v) is 1.54. The lowest BCUT2D eigenvalue weighted by Crippen LogP contribution is -2.76. The van der Waals surface area contributed by atoms with E-state index in [-0.39, 0.29) is 12.1 Å². The summed E-state index contributed by atoms with van der Waals surface area (Å²) in [7, 11) is 0. The molecule has 0 spiro atoms. The summed E-state index contributed by atoms with van der Waals surface area (Å²) in [6.07, 6.45) is -0.0493. The van der Waals surface area contributed by atoms with Gasteiger partial charge in [0.2, 0.25) is 6.17 Å². The first kappa shape index (κ1) is 10.5. The predicted molar refractivity (Wildman–Crippen MR) is 60.6 cm³/mol. The van der Waals surface area contributed by atoms with Crippen LogP contribution in [0.15, 0.2) is 30.3 Å². The number of rotatable bonds is 3. The van der Waals surface area contributed by atoms with Crippen molar-refractivity contribution in [3.8, 4) is 0 Å². The molecule has 70 valence electrons. The maximum atomic E-state index is 9.08. The zero-order valence-electron chi connectivity index (χ0n) is 7.29. The molecule has 0 bridgehead atoms. The summed E-state index contributed by atoms with van der Waals surface area (Å²) >= 11 is 2.05. The molecule has 0 fully saturated rings. The van der Waals surface area contributed by atoms with Gasteiger partial charge in [-0.15, -0.1) is 0 Å². The summed E-state index contributed by atoms with van der Waals surface area (Å²) in [6, 6.07) is 9.87. The Morgan fingerprint density at radius 2 is 2.08 bits per heavy atom. The second kappa shape index (κ2) is 5.18. The smallest absolute Gasteiger partial charge is 0.330 e. The number of aliphatic hydroxyl groups excluding tert-OH is 1. The van der Waals surface area contributed by atoms with Crippen molar-refractivity contribution in [3.63, 3.8) is 0 Å². The molecule has 1 unspecified atom stereocenters. The lowest BCUT2D eigenvalue weighted by molar-refractivity contribution is -0.520. The molecule has 0 radical (unpaired) electrons. The number of benzene rings is 1. The van der Waals surface area contributed by atoms with Crippen LogP contribution in [-0.4, -0.2) is 11.0 Å². The van der Waals surface area contributed by atoms with E-state index in [0.717, 1.165) is 5.56 Å². The van der Waals surface area contributed by atoms with Crippen molar-refractivity contribution < 1.29 is 10.1 Å². The Morgan fingerprint density at radius 1 is 1.46 bits per heavy atom. The number of hydrogen-bond donors (Lipinski definition) is 3. The second-order valence-electron chi connectivity index (χ2n) is 2.68. The van der Waals surface area contributed by atoms with Crippen LogP contribution in [0.1, 0.15) is 18.7 Å². The van der Waals surface area contributed by atoms with Gasteiger partial charge in [-0.05, 0) is 0 Å². The molecular weight excluding hydrogens is 279 g/mol. The first-order chi connectivity index (χ1) is 6.24. The molecule has 0 saturated heterocycles. The fraction of sp³-hybridized carbons (Fsp3) is 0.222. The van der Waals surface area contributed by atoms with E-state index in [1.807, 2.05) is 53.2 Å². The van der Waals surface area contributed by atoms with Crippen LogP contribution < -0.4 is 8.52 Å². The van der Waals surface area contributed by atoms with E-state index in [0.29, 0.717) is 0 Å². The third-order valence-corrected chi connectivity index (χ3v) is 2.22. The standard InChI is InChI=1S/C9H11IN2O/c1-7(13)11-9(12-10)8-5-3-2-4-6-8/h2-6,9,12H,1H3,(H,11,13)/p+1. The van der Waals surface area contributed by atoms with Gasteiger partial charge in [0.25, 0.3) is 0 Å². The van der Waals surface area contributed by atoms with E-state index in [1.165, 1.54) is 0 Å². The summed E-state index contributed by atoms with van der Waals surface area (Å²) in [6.45, 7) is 1.62. The Morgan fingerprint density at radius 3 is 2.54 bits per heavy atom. The Bertz CT molecular complexity index is 283. The largest absolute Gasteiger partial charge is 0.464 e. The molecule has 0 heterocycles. The first-order valence-corrected chi connectivity index (χ1v) is 5.02. The molecule has 0 amide bonds. The molecular formula is C9H12IN2O+. The van der Waals surface area contributed by atoms with Crippen molar-refractivity contribution in [2.75, 3.05) is 0 Å². The van der Waals surface area contributed by atoms with Gasteiger partial charge in [-0.25, -0.2) is 0 Å². The highest BCUT2D eigenvalue weighted by Crippen LogP contribution is 2.05. The monoisotopic (exact) mass is 291 g/mol. The van der Waals surface area contributed by atoms with Gasteiger partial charge >= 0.3 is 5.90 Å². The van der Waals surface area contributed by atoms with Gasteiger partial charge in [-0.1, -0.05) is 30.3 Å². The summed E-state index contributed by atoms with van der Waals surface area (Å²) in [5.41, 5.74) is 1.09. The van der Waals surface area contributed by atoms with E-state index < -0.39 is 0 Å². The summed E-state index contributed by atoms with van der Waals surface area (Å²) in [5, 5.41) is 9.08. The van der Waals surface area contributed by atoms with E-state index in [1.54, 1.807) is 6.92 Å². The molecule has 1 rings (SSSR count). The topological polar surface area (TPSA) is 46.2 Å². The summed E-state index contributed by atoms with van der Waals surface area (Å²) in [4.78, 5) is 2.90. The van der Waals surface area contributed by atoms with Crippen molar-refractivity contribution in [2.24, 2.45) is 0 Å². The maximum Gasteiger partial charge on any atom is 0.330 e. The molecule has 3 nitrogen and oxygen atoms in total. The third kappa shape index (κ3) is 3.31. The van der Waals surface area contributed by atoms with Gasteiger partial charge in [-0.2, -0.15) is 8.52 Å². The Labute approximate surface area is 91.4 Å². The molecule has 3 N–H and O–H groups in total. The average Bonchev–Trinajstić information content (AvgIpc) is 2.15. The van der Waals surface area contributed by atoms with Crippen LogP contribution in [0, 0.1) is 0 Å². The number of aliphatic hydroxyl groups is 1. The maximum absolute atomic E-state index is 9.08.